The van der Waals surface area contributed by atoms with Gasteiger partial charge in [-0.2, -0.15) is 5.26 Å². The number of hydrogen-bond acceptors (Lipinski definition) is 2. The highest BCUT2D eigenvalue weighted by Gasteiger charge is 2.24. The van der Waals surface area contributed by atoms with Gasteiger partial charge >= 0.3 is 0 Å². The van der Waals surface area contributed by atoms with Crippen LogP contribution in [0.4, 0.5) is 0 Å². The first-order valence-corrected chi connectivity index (χ1v) is 7.94. The Labute approximate surface area is 130 Å². The van der Waals surface area contributed by atoms with Gasteiger partial charge in [0.2, 0.25) is 0 Å². The van der Waals surface area contributed by atoms with Crippen LogP contribution in [0.25, 0.3) is 0 Å². The molecule has 0 radical (unpaired) electrons. The van der Waals surface area contributed by atoms with Crippen LogP contribution in [0.5, 0.6) is 0 Å². The first-order chi connectivity index (χ1) is 10.3. The van der Waals surface area contributed by atoms with Crippen molar-refractivity contribution in [2.75, 3.05) is 5.88 Å². The molecule has 3 nitrogen and oxygen atoms in total. The Morgan fingerprint density at radius 1 is 1.33 bits per heavy atom. The van der Waals surface area contributed by atoms with Gasteiger partial charge in [0, 0.05) is 24.0 Å². The molecule has 0 saturated heterocycles. The Morgan fingerprint density at radius 3 is 2.86 bits per heavy atom. The second-order valence-corrected chi connectivity index (χ2v) is 5.96. The SMILES string of the molecule is N#Cc1ccc(Cn2cnc3c2C(CCCl)CCC3)cc1. The molecule has 0 fully saturated rings. The quantitative estimate of drug-likeness (QED) is 0.805. The van der Waals surface area contributed by atoms with E-state index in [1.165, 1.54) is 29.8 Å². The summed E-state index contributed by atoms with van der Waals surface area (Å²) in [7, 11) is 0. The number of nitrogens with zero attached hydrogens (tertiary/aromatic N) is 3. The van der Waals surface area contributed by atoms with E-state index in [2.05, 4.69) is 15.6 Å². The standard InChI is InChI=1S/C17H18ClN3/c18-9-8-15-2-1-3-16-17(15)21(12-20-16)11-14-6-4-13(10-19)5-7-14/h4-7,12,15H,1-3,8-9,11H2. The minimum Gasteiger partial charge on any atom is -0.330 e. The van der Waals surface area contributed by atoms with E-state index in [0.717, 1.165) is 19.4 Å². The van der Waals surface area contributed by atoms with Crippen LogP contribution in [-0.4, -0.2) is 15.4 Å². The van der Waals surface area contributed by atoms with Gasteiger partial charge in [0.1, 0.15) is 0 Å². The molecule has 1 aliphatic rings. The highest BCUT2D eigenvalue weighted by molar-refractivity contribution is 6.17. The molecule has 3 rings (SSSR count). The molecule has 0 spiro atoms. The topological polar surface area (TPSA) is 41.6 Å². The lowest BCUT2D eigenvalue weighted by Crippen LogP contribution is -2.15. The highest BCUT2D eigenvalue weighted by Crippen LogP contribution is 2.34. The van der Waals surface area contributed by atoms with Crippen molar-refractivity contribution in [1.29, 1.82) is 5.26 Å². The van der Waals surface area contributed by atoms with Gasteiger partial charge in [-0.1, -0.05) is 12.1 Å². The van der Waals surface area contributed by atoms with Crippen molar-refractivity contribution in [2.24, 2.45) is 0 Å². The maximum Gasteiger partial charge on any atom is 0.0991 e. The van der Waals surface area contributed by atoms with Crippen LogP contribution in [0.2, 0.25) is 0 Å². The van der Waals surface area contributed by atoms with Crippen LogP contribution in [0.15, 0.2) is 30.6 Å². The maximum atomic E-state index is 8.86. The van der Waals surface area contributed by atoms with Crippen molar-refractivity contribution in [2.45, 2.75) is 38.1 Å². The Kier molecular flexibility index (Phi) is 4.26. The number of alkyl halides is 1. The number of aryl methyl sites for hydroxylation is 1. The third-order valence-corrected chi connectivity index (χ3v) is 4.42. The van der Waals surface area contributed by atoms with Gasteiger partial charge in [-0.25, -0.2) is 4.98 Å². The lowest BCUT2D eigenvalue weighted by Gasteiger charge is -2.23. The Balaban J connectivity index is 1.86. The van der Waals surface area contributed by atoms with Gasteiger partial charge in [0.25, 0.3) is 0 Å². The molecule has 0 aliphatic heterocycles. The first-order valence-electron chi connectivity index (χ1n) is 7.40. The molecule has 1 aromatic carbocycles. The van der Waals surface area contributed by atoms with Crippen LogP contribution < -0.4 is 0 Å². The van der Waals surface area contributed by atoms with E-state index in [1.807, 2.05) is 30.6 Å². The third kappa shape index (κ3) is 2.96. The number of aromatic nitrogens is 2. The zero-order chi connectivity index (χ0) is 14.7. The number of benzene rings is 1. The van der Waals surface area contributed by atoms with Gasteiger partial charge in [0.05, 0.1) is 23.7 Å². The average Bonchev–Trinajstić information content (AvgIpc) is 2.93. The number of nitriles is 1. The summed E-state index contributed by atoms with van der Waals surface area (Å²) in [5.41, 5.74) is 4.51. The minimum atomic E-state index is 0.534. The zero-order valence-corrected chi connectivity index (χ0v) is 12.7. The van der Waals surface area contributed by atoms with Crippen molar-refractivity contribution in [3.8, 4) is 6.07 Å². The van der Waals surface area contributed by atoms with Crippen molar-refractivity contribution < 1.29 is 0 Å². The smallest absolute Gasteiger partial charge is 0.0991 e. The molecule has 1 heterocycles. The Hall–Kier alpha value is -1.79. The summed E-state index contributed by atoms with van der Waals surface area (Å²) in [6.07, 6.45) is 6.47. The van der Waals surface area contributed by atoms with Crippen molar-refractivity contribution in [1.82, 2.24) is 9.55 Å². The fraction of sp³-hybridized carbons (Fsp3) is 0.412. The zero-order valence-electron chi connectivity index (χ0n) is 11.9. The van der Waals surface area contributed by atoms with Gasteiger partial charge < -0.3 is 4.57 Å². The predicted octanol–water partition coefficient (Wildman–Crippen LogP) is 3.85. The van der Waals surface area contributed by atoms with Crippen LogP contribution in [0.3, 0.4) is 0 Å². The molecule has 0 saturated carbocycles. The molecule has 108 valence electrons. The summed E-state index contributed by atoms with van der Waals surface area (Å²) in [4.78, 5) is 4.59. The minimum absolute atomic E-state index is 0.534. The molecule has 2 aromatic rings. The van der Waals surface area contributed by atoms with Crippen LogP contribution in [-0.2, 0) is 13.0 Å². The predicted molar refractivity (Wildman–Crippen MR) is 83.5 cm³/mol. The number of halogens is 1. The Bertz CT molecular complexity index is 652. The van der Waals surface area contributed by atoms with E-state index in [-0.39, 0.29) is 0 Å². The molecule has 1 aromatic heterocycles. The molecule has 4 heteroatoms. The maximum absolute atomic E-state index is 8.86. The lowest BCUT2D eigenvalue weighted by molar-refractivity contribution is 0.504. The molecule has 1 unspecified atom stereocenters. The lowest BCUT2D eigenvalue weighted by atomic mass is 9.87. The summed E-state index contributed by atoms with van der Waals surface area (Å²) >= 11 is 5.95. The normalized spacial score (nSPS) is 17.2. The molecule has 1 atom stereocenters. The second-order valence-electron chi connectivity index (χ2n) is 5.58. The van der Waals surface area contributed by atoms with E-state index in [0.29, 0.717) is 17.4 Å². The van der Waals surface area contributed by atoms with Crippen molar-refractivity contribution in [3.63, 3.8) is 0 Å². The third-order valence-electron chi connectivity index (χ3n) is 4.20. The van der Waals surface area contributed by atoms with Crippen molar-refractivity contribution in [3.05, 3.63) is 53.1 Å². The molecule has 0 bridgehead atoms. The van der Waals surface area contributed by atoms with Crippen LogP contribution >= 0.6 is 11.6 Å². The number of fused-ring (bicyclic) bond motifs is 1. The Morgan fingerprint density at radius 2 is 2.14 bits per heavy atom. The largest absolute Gasteiger partial charge is 0.330 e. The fourth-order valence-corrected chi connectivity index (χ4v) is 3.43. The molecule has 0 N–H and O–H groups in total. The second kappa shape index (κ2) is 6.32. The van der Waals surface area contributed by atoms with E-state index >= 15 is 0 Å². The molecular formula is C17H18ClN3. The summed E-state index contributed by atoms with van der Waals surface area (Å²) in [5, 5.41) is 8.86. The molecule has 1 aliphatic carbocycles. The first kappa shape index (κ1) is 14.2. The average molecular weight is 300 g/mol. The van der Waals surface area contributed by atoms with Gasteiger partial charge in [-0.05, 0) is 43.4 Å². The fourth-order valence-electron chi connectivity index (χ4n) is 3.17. The molecule has 21 heavy (non-hydrogen) atoms. The van der Waals surface area contributed by atoms with Crippen LogP contribution in [0.1, 0.15) is 47.7 Å². The highest BCUT2D eigenvalue weighted by atomic mass is 35.5. The molecule has 0 amide bonds. The molecular weight excluding hydrogens is 282 g/mol. The van der Waals surface area contributed by atoms with Crippen LogP contribution in [0, 0.1) is 11.3 Å². The number of rotatable bonds is 4. The van der Waals surface area contributed by atoms with E-state index in [1.54, 1.807) is 0 Å². The summed E-state index contributed by atoms with van der Waals surface area (Å²) in [5.74, 6) is 1.23. The number of hydrogen-bond donors (Lipinski definition) is 0. The van der Waals surface area contributed by atoms with E-state index in [9.17, 15) is 0 Å². The number of imidazole rings is 1. The summed E-state index contributed by atoms with van der Waals surface area (Å²) in [6, 6.07) is 9.93. The van der Waals surface area contributed by atoms with E-state index < -0.39 is 0 Å². The van der Waals surface area contributed by atoms with Crippen molar-refractivity contribution >= 4 is 11.6 Å². The summed E-state index contributed by atoms with van der Waals surface area (Å²) in [6.45, 7) is 0.812. The monoisotopic (exact) mass is 299 g/mol. The van der Waals surface area contributed by atoms with E-state index in [4.69, 9.17) is 16.9 Å². The summed E-state index contributed by atoms with van der Waals surface area (Å²) < 4.78 is 2.26. The van der Waals surface area contributed by atoms with Gasteiger partial charge in [-0.15, -0.1) is 11.6 Å². The van der Waals surface area contributed by atoms with Gasteiger partial charge in [0.15, 0.2) is 0 Å². The van der Waals surface area contributed by atoms with Gasteiger partial charge in [-0.3, -0.25) is 0 Å².